The van der Waals surface area contributed by atoms with Crippen LogP contribution in [0.5, 0.6) is 0 Å². The zero-order chi connectivity index (χ0) is 15.7. The summed E-state index contributed by atoms with van der Waals surface area (Å²) in [6.07, 6.45) is 1.81. The van der Waals surface area contributed by atoms with E-state index in [2.05, 4.69) is 41.9 Å². The van der Waals surface area contributed by atoms with Crippen molar-refractivity contribution >= 4 is 39.4 Å². The lowest BCUT2D eigenvalue weighted by atomic mass is 9.83. The van der Waals surface area contributed by atoms with Crippen molar-refractivity contribution in [1.82, 2.24) is 0 Å². The summed E-state index contributed by atoms with van der Waals surface area (Å²) in [4.78, 5) is 18.9. The van der Waals surface area contributed by atoms with Crippen LogP contribution in [0.4, 0.5) is 5.69 Å². The average Bonchev–Trinajstić information content (AvgIpc) is 3.08. The molecule has 116 valence electrons. The summed E-state index contributed by atoms with van der Waals surface area (Å²) < 4.78 is 1.05. The number of nitrogens with zero attached hydrogens (tertiary/aromatic N) is 2. The second kappa shape index (κ2) is 6.13. The lowest BCUT2D eigenvalue weighted by Crippen LogP contribution is -2.24. The highest BCUT2D eigenvalue weighted by Gasteiger charge is 2.38. The number of fused-ring (bicyclic) bond motifs is 1. The van der Waals surface area contributed by atoms with Crippen molar-refractivity contribution in [3.63, 3.8) is 0 Å². The molecule has 2 heterocycles. The summed E-state index contributed by atoms with van der Waals surface area (Å²) in [5.41, 5.74) is 3.40. The Bertz CT molecular complexity index is 664. The minimum atomic E-state index is -0.134. The molecule has 2 aliphatic heterocycles. The highest BCUT2D eigenvalue weighted by atomic mass is 32.2. The zero-order valence-corrected chi connectivity index (χ0v) is 14.8. The molecule has 0 amide bonds. The SMILES string of the molecule is CN1C(=CC(=O)CSC2=NCCS2)C(C)(C)c2ccccc21. The first kappa shape index (κ1) is 15.7. The molecule has 2 aliphatic rings. The molecule has 1 aromatic rings. The molecule has 0 bridgehead atoms. The van der Waals surface area contributed by atoms with Crippen LogP contribution in [0.3, 0.4) is 0 Å². The van der Waals surface area contributed by atoms with E-state index in [1.54, 1.807) is 23.5 Å². The molecule has 0 saturated heterocycles. The molecule has 0 spiro atoms. The van der Waals surface area contributed by atoms with Crippen molar-refractivity contribution < 1.29 is 4.79 Å². The predicted octanol–water partition coefficient (Wildman–Crippen LogP) is 3.70. The second-order valence-corrected chi connectivity index (χ2v) is 8.29. The highest BCUT2D eigenvalue weighted by Crippen LogP contribution is 2.46. The molecule has 0 aliphatic carbocycles. The van der Waals surface area contributed by atoms with E-state index >= 15 is 0 Å². The molecule has 0 aromatic heterocycles. The van der Waals surface area contributed by atoms with Crippen LogP contribution in [-0.4, -0.2) is 35.3 Å². The number of carbonyl (C=O) groups is 1. The van der Waals surface area contributed by atoms with Gasteiger partial charge in [-0.2, -0.15) is 0 Å². The Morgan fingerprint density at radius 2 is 2.23 bits per heavy atom. The number of likely N-dealkylation sites (N-methyl/N-ethyl adjacent to an activating group) is 1. The van der Waals surface area contributed by atoms with Crippen molar-refractivity contribution in [2.24, 2.45) is 4.99 Å². The average molecular weight is 332 g/mol. The number of para-hydroxylation sites is 1. The molecule has 0 fully saturated rings. The molecular weight excluding hydrogens is 312 g/mol. The Balaban J connectivity index is 1.77. The topological polar surface area (TPSA) is 32.7 Å². The Hall–Kier alpha value is -1.20. The van der Waals surface area contributed by atoms with Crippen molar-refractivity contribution in [3.8, 4) is 0 Å². The third kappa shape index (κ3) is 2.84. The molecule has 3 nitrogen and oxygen atoms in total. The highest BCUT2D eigenvalue weighted by molar-refractivity contribution is 8.39. The quantitative estimate of drug-likeness (QED) is 0.790. The number of allylic oxidation sites excluding steroid dienone is 2. The maximum absolute atomic E-state index is 12.4. The van der Waals surface area contributed by atoms with E-state index < -0.39 is 0 Å². The van der Waals surface area contributed by atoms with E-state index in [-0.39, 0.29) is 11.2 Å². The molecule has 0 atom stereocenters. The number of hydrogen-bond donors (Lipinski definition) is 0. The van der Waals surface area contributed by atoms with Gasteiger partial charge in [-0.3, -0.25) is 9.79 Å². The van der Waals surface area contributed by atoms with Crippen molar-refractivity contribution in [3.05, 3.63) is 41.6 Å². The molecule has 0 saturated carbocycles. The van der Waals surface area contributed by atoms with Crippen LogP contribution in [0.25, 0.3) is 0 Å². The van der Waals surface area contributed by atoms with Gasteiger partial charge in [-0.05, 0) is 11.6 Å². The Kier molecular flexibility index (Phi) is 4.37. The van der Waals surface area contributed by atoms with Gasteiger partial charge in [-0.25, -0.2) is 0 Å². The van der Waals surface area contributed by atoms with Crippen LogP contribution in [-0.2, 0) is 10.2 Å². The minimum Gasteiger partial charge on any atom is -0.347 e. The normalized spacial score (nSPS) is 21.1. The number of anilines is 1. The number of benzene rings is 1. The molecule has 1 aromatic carbocycles. The van der Waals surface area contributed by atoms with Gasteiger partial charge in [0.25, 0.3) is 0 Å². The zero-order valence-electron chi connectivity index (χ0n) is 13.1. The minimum absolute atomic E-state index is 0.134. The van der Waals surface area contributed by atoms with Crippen LogP contribution in [0.1, 0.15) is 19.4 Å². The predicted molar refractivity (Wildman–Crippen MR) is 98.2 cm³/mol. The second-order valence-electron chi connectivity index (χ2n) is 5.98. The van der Waals surface area contributed by atoms with Crippen LogP contribution in [0.2, 0.25) is 0 Å². The number of carbonyl (C=O) groups excluding carboxylic acids is 1. The first-order valence-corrected chi connectivity index (χ1v) is 9.35. The van der Waals surface area contributed by atoms with Gasteiger partial charge in [0.1, 0.15) is 4.38 Å². The van der Waals surface area contributed by atoms with Crippen LogP contribution < -0.4 is 4.90 Å². The van der Waals surface area contributed by atoms with Crippen LogP contribution >= 0.6 is 23.5 Å². The molecule has 3 rings (SSSR count). The van der Waals surface area contributed by atoms with Gasteiger partial charge in [-0.15, -0.1) is 0 Å². The summed E-state index contributed by atoms with van der Waals surface area (Å²) in [6, 6.07) is 8.36. The first-order chi connectivity index (χ1) is 10.5. The van der Waals surface area contributed by atoms with Gasteiger partial charge in [0.2, 0.25) is 0 Å². The third-order valence-corrected chi connectivity index (χ3v) is 6.41. The van der Waals surface area contributed by atoms with E-state index in [9.17, 15) is 4.79 Å². The van der Waals surface area contributed by atoms with Crippen LogP contribution in [0.15, 0.2) is 41.0 Å². The number of rotatable bonds is 3. The number of thioether (sulfide) groups is 2. The van der Waals surface area contributed by atoms with Gasteiger partial charge in [0.05, 0.1) is 12.3 Å². The van der Waals surface area contributed by atoms with E-state index in [0.29, 0.717) is 5.75 Å². The van der Waals surface area contributed by atoms with E-state index in [1.807, 2.05) is 19.2 Å². The Labute approximate surface area is 140 Å². The fourth-order valence-electron chi connectivity index (χ4n) is 2.99. The van der Waals surface area contributed by atoms with E-state index in [1.165, 1.54) is 11.3 Å². The first-order valence-electron chi connectivity index (χ1n) is 7.38. The maximum atomic E-state index is 12.4. The molecule has 0 N–H and O–H groups in total. The Morgan fingerprint density at radius 1 is 1.45 bits per heavy atom. The fraction of sp³-hybridized carbons (Fsp3) is 0.412. The van der Waals surface area contributed by atoms with Crippen molar-refractivity contribution in [2.45, 2.75) is 19.3 Å². The molecular formula is C17H20N2OS2. The van der Waals surface area contributed by atoms with Gasteiger partial charge >= 0.3 is 0 Å². The molecule has 5 heteroatoms. The van der Waals surface area contributed by atoms with Crippen LogP contribution in [0, 0.1) is 0 Å². The fourth-order valence-corrected chi connectivity index (χ4v) is 4.82. The summed E-state index contributed by atoms with van der Waals surface area (Å²) in [5.74, 6) is 1.67. The summed E-state index contributed by atoms with van der Waals surface area (Å²) in [6.45, 7) is 5.24. The summed E-state index contributed by atoms with van der Waals surface area (Å²) >= 11 is 3.31. The lowest BCUT2D eigenvalue weighted by Gasteiger charge is -2.23. The maximum Gasteiger partial charge on any atom is 0.167 e. The van der Waals surface area contributed by atoms with E-state index in [0.717, 1.165) is 22.4 Å². The molecule has 0 unspecified atom stereocenters. The van der Waals surface area contributed by atoms with Gasteiger partial charge in [0, 0.05) is 35.7 Å². The van der Waals surface area contributed by atoms with Crippen molar-refractivity contribution in [2.75, 3.05) is 30.0 Å². The lowest BCUT2D eigenvalue weighted by molar-refractivity contribution is -0.112. The number of hydrogen-bond acceptors (Lipinski definition) is 5. The smallest absolute Gasteiger partial charge is 0.167 e. The monoisotopic (exact) mass is 332 g/mol. The van der Waals surface area contributed by atoms with Gasteiger partial charge in [0.15, 0.2) is 5.78 Å². The summed E-state index contributed by atoms with van der Waals surface area (Å²) in [5, 5.41) is 0. The number of ketones is 1. The van der Waals surface area contributed by atoms with E-state index in [4.69, 9.17) is 0 Å². The largest absolute Gasteiger partial charge is 0.347 e. The van der Waals surface area contributed by atoms with Crippen molar-refractivity contribution in [1.29, 1.82) is 0 Å². The third-order valence-electron chi connectivity index (χ3n) is 4.13. The van der Waals surface area contributed by atoms with Gasteiger partial charge < -0.3 is 4.90 Å². The summed E-state index contributed by atoms with van der Waals surface area (Å²) in [7, 11) is 2.04. The molecule has 22 heavy (non-hydrogen) atoms. The Morgan fingerprint density at radius 3 is 2.91 bits per heavy atom. The standard InChI is InChI=1S/C17H20N2OS2/c1-17(2)13-6-4-5-7-14(13)19(3)15(17)10-12(20)11-22-16-18-8-9-21-16/h4-7,10H,8-9,11H2,1-3H3. The number of aliphatic imine (C=N–C) groups is 1. The van der Waals surface area contributed by atoms with Gasteiger partial charge in [-0.1, -0.05) is 55.6 Å². The molecule has 0 radical (unpaired) electrons.